The summed E-state index contributed by atoms with van der Waals surface area (Å²) in [4.78, 5) is 0.703. The van der Waals surface area contributed by atoms with Crippen LogP contribution >= 0.6 is 11.6 Å². The van der Waals surface area contributed by atoms with Crippen LogP contribution in [0.1, 0.15) is 5.56 Å². The molecule has 2 nitrogen and oxygen atoms in total. The smallest absolute Gasteiger partial charge is 0.173 e. The quantitative estimate of drug-likeness (QED) is 0.648. The summed E-state index contributed by atoms with van der Waals surface area (Å²) >= 11 is 5.80. The minimum Gasteiger partial charge on any atom is -0.229 e. The lowest BCUT2D eigenvalue weighted by molar-refractivity contribution is 0.684. The van der Waals surface area contributed by atoms with Gasteiger partial charge in [-0.2, -0.15) is 4.40 Å². The Kier molecular flexibility index (Phi) is 2.29. The molecular formula is C9H6ClNOS. The predicted octanol–water partition coefficient (Wildman–Crippen LogP) is 2.46. The van der Waals surface area contributed by atoms with Crippen molar-refractivity contribution in [2.45, 2.75) is 4.90 Å². The van der Waals surface area contributed by atoms with E-state index in [9.17, 15) is 4.21 Å². The molecule has 0 fully saturated rings. The van der Waals surface area contributed by atoms with Crippen molar-refractivity contribution < 1.29 is 4.21 Å². The van der Waals surface area contributed by atoms with Gasteiger partial charge in [-0.3, -0.25) is 0 Å². The van der Waals surface area contributed by atoms with E-state index in [1.54, 1.807) is 24.3 Å². The molecule has 2 rings (SSSR count). The maximum absolute atomic E-state index is 11.4. The van der Waals surface area contributed by atoms with Gasteiger partial charge in [0.25, 0.3) is 0 Å². The molecule has 0 N–H and O–H groups in total. The molecule has 1 aliphatic rings. The van der Waals surface area contributed by atoms with E-state index in [0.29, 0.717) is 9.92 Å². The number of hydrogen-bond acceptors (Lipinski definition) is 1. The molecule has 0 amide bonds. The van der Waals surface area contributed by atoms with Gasteiger partial charge in [-0.05, 0) is 29.8 Å². The fourth-order valence-corrected chi connectivity index (χ4v) is 2.09. The maximum atomic E-state index is 11.4. The molecular weight excluding hydrogens is 206 g/mol. The fraction of sp³-hybridized carbons (Fsp3) is 0. The second kappa shape index (κ2) is 3.44. The third-order valence-electron chi connectivity index (χ3n) is 1.68. The van der Waals surface area contributed by atoms with Crippen LogP contribution in [0, 0.1) is 0 Å². The Balaban J connectivity index is 2.64. The molecule has 0 radical (unpaired) electrons. The largest absolute Gasteiger partial charge is 0.229 e. The van der Waals surface area contributed by atoms with Gasteiger partial charge >= 0.3 is 0 Å². The number of rotatable bonds is 0. The van der Waals surface area contributed by atoms with Crippen LogP contribution in [0.4, 0.5) is 0 Å². The summed E-state index contributed by atoms with van der Waals surface area (Å²) in [7, 11) is -1.29. The normalized spacial score (nSPS) is 19.6. The highest BCUT2D eigenvalue weighted by molar-refractivity contribution is 7.84. The number of nitrogens with zero attached hydrogens (tertiary/aromatic N) is 1. The SMILES string of the molecule is O=S1N=CC=Cc2cc(Cl)ccc21. The average molecular weight is 212 g/mol. The number of allylic oxidation sites excluding steroid dienone is 1. The lowest BCUT2D eigenvalue weighted by atomic mass is 10.2. The van der Waals surface area contributed by atoms with Gasteiger partial charge in [-0.15, -0.1) is 0 Å². The fourth-order valence-electron chi connectivity index (χ4n) is 1.10. The summed E-state index contributed by atoms with van der Waals surface area (Å²) in [6, 6.07) is 5.23. The Labute approximate surface area is 83.5 Å². The van der Waals surface area contributed by atoms with Crippen LogP contribution in [-0.2, 0) is 11.0 Å². The Morgan fingerprint density at radius 2 is 2.23 bits per heavy atom. The van der Waals surface area contributed by atoms with Crippen LogP contribution < -0.4 is 0 Å². The zero-order valence-electron chi connectivity index (χ0n) is 6.61. The van der Waals surface area contributed by atoms with Crippen LogP contribution in [0.3, 0.4) is 0 Å². The summed E-state index contributed by atoms with van der Waals surface area (Å²) in [5, 5.41) is 0.641. The topological polar surface area (TPSA) is 29.4 Å². The lowest BCUT2D eigenvalue weighted by Gasteiger charge is -2.00. The first kappa shape index (κ1) is 8.66. The molecule has 66 valence electrons. The summed E-state index contributed by atoms with van der Waals surface area (Å²) in [5.41, 5.74) is 0.864. The second-order valence-corrected chi connectivity index (χ2v) is 4.13. The number of hydrogen-bond donors (Lipinski definition) is 0. The molecule has 0 aromatic heterocycles. The average Bonchev–Trinajstić information content (AvgIpc) is 2.28. The van der Waals surface area contributed by atoms with Crippen LogP contribution in [0.2, 0.25) is 5.02 Å². The van der Waals surface area contributed by atoms with E-state index in [1.807, 2.05) is 6.08 Å². The van der Waals surface area contributed by atoms with Crippen LogP contribution in [-0.4, -0.2) is 10.4 Å². The number of fused-ring (bicyclic) bond motifs is 1. The van der Waals surface area contributed by atoms with Crippen molar-refractivity contribution in [3.8, 4) is 0 Å². The van der Waals surface area contributed by atoms with E-state index in [2.05, 4.69) is 4.40 Å². The summed E-state index contributed by atoms with van der Waals surface area (Å²) in [6.45, 7) is 0. The molecule has 0 saturated heterocycles. The zero-order valence-corrected chi connectivity index (χ0v) is 8.18. The highest BCUT2D eigenvalue weighted by atomic mass is 35.5. The van der Waals surface area contributed by atoms with E-state index in [1.165, 1.54) is 6.21 Å². The molecule has 1 heterocycles. The van der Waals surface area contributed by atoms with Crippen LogP contribution in [0.25, 0.3) is 6.08 Å². The van der Waals surface area contributed by atoms with Gasteiger partial charge in [0, 0.05) is 11.2 Å². The van der Waals surface area contributed by atoms with Gasteiger partial charge in [0.2, 0.25) is 0 Å². The molecule has 0 bridgehead atoms. The van der Waals surface area contributed by atoms with Gasteiger partial charge in [-0.25, -0.2) is 4.21 Å². The van der Waals surface area contributed by atoms with Crippen LogP contribution in [0.5, 0.6) is 0 Å². The minimum atomic E-state index is -1.29. The van der Waals surface area contributed by atoms with Gasteiger partial charge in [0.1, 0.15) is 0 Å². The molecule has 1 aromatic carbocycles. The van der Waals surface area contributed by atoms with Crippen molar-refractivity contribution in [1.82, 2.24) is 0 Å². The standard InChI is InChI=1S/C9H6ClNOS/c10-8-3-4-9-7(6-8)2-1-5-11-13(9)12/h1-6H. The Hall–Kier alpha value is -0.930. The van der Waals surface area contributed by atoms with Gasteiger partial charge in [-0.1, -0.05) is 17.7 Å². The van der Waals surface area contributed by atoms with Crippen LogP contribution in [0.15, 0.2) is 33.6 Å². The summed E-state index contributed by atoms with van der Waals surface area (Å²) in [5.74, 6) is 0. The molecule has 1 atom stereocenters. The molecule has 0 aliphatic carbocycles. The first-order valence-electron chi connectivity index (χ1n) is 3.69. The molecule has 4 heteroatoms. The van der Waals surface area contributed by atoms with E-state index < -0.39 is 11.0 Å². The van der Waals surface area contributed by atoms with Crippen molar-refractivity contribution in [2.75, 3.05) is 0 Å². The Bertz CT molecular complexity index is 426. The molecule has 1 aliphatic heterocycles. The van der Waals surface area contributed by atoms with Crippen molar-refractivity contribution in [3.63, 3.8) is 0 Å². The van der Waals surface area contributed by atoms with E-state index in [4.69, 9.17) is 11.6 Å². The first-order valence-corrected chi connectivity index (χ1v) is 5.18. The van der Waals surface area contributed by atoms with E-state index >= 15 is 0 Å². The summed E-state index contributed by atoms with van der Waals surface area (Å²) < 4.78 is 15.3. The zero-order chi connectivity index (χ0) is 9.26. The highest BCUT2D eigenvalue weighted by Crippen LogP contribution is 2.22. The van der Waals surface area contributed by atoms with Crippen molar-refractivity contribution in [2.24, 2.45) is 4.40 Å². The molecule has 1 unspecified atom stereocenters. The molecule has 1 aromatic rings. The Morgan fingerprint density at radius 1 is 1.38 bits per heavy atom. The Morgan fingerprint density at radius 3 is 3.08 bits per heavy atom. The first-order chi connectivity index (χ1) is 6.27. The van der Waals surface area contributed by atoms with Crippen molar-refractivity contribution >= 4 is 34.9 Å². The monoisotopic (exact) mass is 211 g/mol. The van der Waals surface area contributed by atoms with E-state index in [-0.39, 0.29) is 0 Å². The molecule has 13 heavy (non-hydrogen) atoms. The summed E-state index contributed by atoms with van der Waals surface area (Å²) in [6.07, 6.45) is 5.12. The third kappa shape index (κ3) is 1.71. The predicted molar refractivity (Wildman–Crippen MR) is 55.4 cm³/mol. The minimum absolute atomic E-state index is 0.641. The number of halogens is 1. The highest BCUT2D eigenvalue weighted by Gasteiger charge is 2.08. The maximum Gasteiger partial charge on any atom is 0.173 e. The van der Waals surface area contributed by atoms with Crippen molar-refractivity contribution in [3.05, 3.63) is 34.9 Å². The second-order valence-electron chi connectivity index (χ2n) is 2.54. The lowest BCUT2D eigenvalue weighted by Crippen LogP contribution is -1.89. The van der Waals surface area contributed by atoms with Gasteiger partial charge in [0.15, 0.2) is 11.0 Å². The van der Waals surface area contributed by atoms with E-state index in [0.717, 1.165) is 5.56 Å². The van der Waals surface area contributed by atoms with Gasteiger partial charge in [0.05, 0.1) is 4.90 Å². The third-order valence-corrected chi connectivity index (χ3v) is 2.97. The number of benzene rings is 1. The van der Waals surface area contributed by atoms with Crippen molar-refractivity contribution in [1.29, 1.82) is 0 Å². The van der Waals surface area contributed by atoms with Gasteiger partial charge < -0.3 is 0 Å². The molecule has 0 saturated carbocycles. The molecule has 0 spiro atoms.